The lowest BCUT2D eigenvalue weighted by Gasteiger charge is -2.24. The average molecular weight is 291 g/mol. The van der Waals surface area contributed by atoms with Crippen LogP contribution in [0.25, 0.3) is 0 Å². The van der Waals surface area contributed by atoms with Gasteiger partial charge in [0.1, 0.15) is 0 Å². The summed E-state index contributed by atoms with van der Waals surface area (Å²) in [6.45, 7) is 3.80. The van der Waals surface area contributed by atoms with E-state index in [1.807, 2.05) is 18.7 Å². The van der Waals surface area contributed by atoms with Crippen molar-refractivity contribution in [2.75, 3.05) is 0 Å². The van der Waals surface area contributed by atoms with Gasteiger partial charge in [-0.15, -0.1) is 0 Å². The third kappa shape index (κ3) is 2.11. The number of hydrogen-bond acceptors (Lipinski definition) is 5. The minimum Gasteiger partial charge on any atom is -0.344 e. The van der Waals surface area contributed by atoms with E-state index in [9.17, 15) is 4.79 Å². The molecule has 1 aliphatic rings. The molecule has 1 N–H and O–H groups in total. The molecule has 0 fully saturated rings. The topological polar surface area (TPSA) is 72.7 Å². The Morgan fingerprint density at radius 2 is 2.15 bits per heavy atom. The number of nitrogens with one attached hydrogen (secondary N) is 1. The summed E-state index contributed by atoms with van der Waals surface area (Å²) >= 11 is 1.07. The predicted molar refractivity (Wildman–Crippen MR) is 75.7 cm³/mol. The van der Waals surface area contributed by atoms with Gasteiger partial charge in [0.2, 0.25) is 0 Å². The highest BCUT2D eigenvalue weighted by molar-refractivity contribution is 6.99. The van der Waals surface area contributed by atoms with Gasteiger partial charge in [-0.25, -0.2) is 0 Å². The highest BCUT2D eigenvalue weighted by Crippen LogP contribution is 2.32. The molecule has 0 aliphatic heterocycles. The number of carbonyl (C=O) groups is 1. The standard InChI is InChI=1S/C13H17N5OS/c1-7-11-9(5-4-6-10(11)18(3)15-7)14-13(19)12-8(2)16-20-17-12/h9H,4-6H2,1-3H3,(H,14,19). The molecule has 1 aliphatic carbocycles. The number of carbonyl (C=O) groups excluding carboxylic acids is 1. The SMILES string of the molecule is Cc1nsnc1C(=O)NC1CCCc2c1c(C)nn2C. The van der Waals surface area contributed by atoms with Gasteiger partial charge in [-0.2, -0.15) is 13.8 Å². The molecule has 2 aromatic heterocycles. The Morgan fingerprint density at radius 3 is 2.85 bits per heavy atom. The van der Waals surface area contributed by atoms with E-state index in [1.165, 1.54) is 11.3 Å². The molecule has 1 atom stereocenters. The van der Waals surface area contributed by atoms with Crippen molar-refractivity contribution < 1.29 is 4.79 Å². The molecule has 0 bridgehead atoms. The van der Waals surface area contributed by atoms with Crippen LogP contribution < -0.4 is 5.32 Å². The zero-order valence-corrected chi connectivity index (χ0v) is 12.6. The van der Waals surface area contributed by atoms with Crippen molar-refractivity contribution >= 4 is 17.6 Å². The monoisotopic (exact) mass is 291 g/mol. The number of rotatable bonds is 2. The number of amides is 1. The van der Waals surface area contributed by atoms with Crippen LogP contribution >= 0.6 is 11.7 Å². The molecule has 6 nitrogen and oxygen atoms in total. The Kier molecular flexibility index (Phi) is 3.29. The molecule has 20 heavy (non-hydrogen) atoms. The summed E-state index contributed by atoms with van der Waals surface area (Å²) in [6.07, 6.45) is 3.03. The largest absolute Gasteiger partial charge is 0.344 e. The van der Waals surface area contributed by atoms with E-state index in [2.05, 4.69) is 19.2 Å². The van der Waals surface area contributed by atoms with Gasteiger partial charge >= 0.3 is 0 Å². The van der Waals surface area contributed by atoms with Crippen molar-refractivity contribution in [1.82, 2.24) is 23.8 Å². The lowest BCUT2D eigenvalue weighted by molar-refractivity contribution is 0.0927. The van der Waals surface area contributed by atoms with Crippen LogP contribution in [0.3, 0.4) is 0 Å². The first-order chi connectivity index (χ1) is 9.58. The minimum atomic E-state index is -0.141. The fourth-order valence-electron chi connectivity index (χ4n) is 2.90. The van der Waals surface area contributed by atoms with Gasteiger partial charge in [0, 0.05) is 18.3 Å². The summed E-state index contributed by atoms with van der Waals surface area (Å²) in [5.41, 5.74) is 4.52. The first-order valence-electron chi connectivity index (χ1n) is 6.70. The summed E-state index contributed by atoms with van der Waals surface area (Å²) in [5, 5.41) is 7.55. The van der Waals surface area contributed by atoms with Crippen LogP contribution in [0.1, 0.15) is 52.0 Å². The number of nitrogens with zero attached hydrogens (tertiary/aromatic N) is 4. The zero-order valence-electron chi connectivity index (χ0n) is 11.8. The van der Waals surface area contributed by atoms with Gasteiger partial charge in [0.15, 0.2) is 5.69 Å². The van der Waals surface area contributed by atoms with Crippen molar-refractivity contribution in [3.63, 3.8) is 0 Å². The predicted octanol–water partition coefficient (Wildman–Crippen LogP) is 1.70. The summed E-state index contributed by atoms with van der Waals surface area (Å²) in [4.78, 5) is 12.3. The van der Waals surface area contributed by atoms with Crippen LogP contribution in [0.15, 0.2) is 0 Å². The van der Waals surface area contributed by atoms with Crippen LogP contribution in [0.5, 0.6) is 0 Å². The molecular weight excluding hydrogens is 274 g/mol. The molecule has 0 radical (unpaired) electrons. The van der Waals surface area contributed by atoms with Crippen molar-refractivity contribution in [2.24, 2.45) is 7.05 Å². The molecule has 7 heteroatoms. The maximum Gasteiger partial charge on any atom is 0.273 e. The second-order valence-electron chi connectivity index (χ2n) is 5.19. The van der Waals surface area contributed by atoms with Crippen molar-refractivity contribution in [3.8, 4) is 0 Å². The number of hydrogen-bond donors (Lipinski definition) is 1. The lowest BCUT2D eigenvalue weighted by Crippen LogP contribution is -2.32. The molecular formula is C13H17N5OS. The molecule has 0 aromatic carbocycles. The first-order valence-corrected chi connectivity index (χ1v) is 7.43. The molecule has 0 spiro atoms. The van der Waals surface area contributed by atoms with Crippen molar-refractivity contribution in [3.05, 3.63) is 28.3 Å². The van der Waals surface area contributed by atoms with E-state index >= 15 is 0 Å². The van der Waals surface area contributed by atoms with Crippen LogP contribution in [0, 0.1) is 13.8 Å². The maximum absolute atomic E-state index is 12.3. The van der Waals surface area contributed by atoms with Gasteiger partial charge in [-0.1, -0.05) is 0 Å². The second kappa shape index (κ2) is 4.97. The van der Waals surface area contributed by atoms with E-state index in [-0.39, 0.29) is 11.9 Å². The summed E-state index contributed by atoms with van der Waals surface area (Å²) < 4.78 is 10.0. The van der Waals surface area contributed by atoms with Crippen LogP contribution in [0.2, 0.25) is 0 Å². The van der Waals surface area contributed by atoms with E-state index in [1.54, 1.807) is 6.92 Å². The van der Waals surface area contributed by atoms with Gasteiger partial charge in [-0.3, -0.25) is 9.48 Å². The highest BCUT2D eigenvalue weighted by atomic mass is 32.1. The lowest BCUT2D eigenvalue weighted by atomic mass is 9.91. The van der Waals surface area contributed by atoms with E-state index in [4.69, 9.17) is 0 Å². The van der Waals surface area contributed by atoms with Gasteiger partial charge < -0.3 is 5.32 Å². The Morgan fingerprint density at radius 1 is 1.35 bits per heavy atom. The van der Waals surface area contributed by atoms with Crippen molar-refractivity contribution in [2.45, 2.75) is 39.2 Å². The Balaban J connectivity index is 1.87. The molecule has 1 amide bonds. The normalized spacial score (nSPS) is 17.9. The van der Waals surface area contributed by atoms with E-state index in [0.717, 1.165) is 36.7 Å². The third-order valence-electron chi connectivity index (χ3n) is 3.82. The fraction of sp³-hybridized carbons (Fsp3) is 0.538. The molecule has 0 saturated heterocycles. The second-order valence-corrected chi connectivity index (χ2v) is 5.71. The summed E-state index contributed by atoms with van der Waals surface area (Å²) in [6, 6.07) is 0.0287. The Hall–Kier alpha value is -1.76. The zero-order chi connectivity index (χ0) is 14.3. The van der Waals surface area contributed by atoms with E-state index in [0.29, 0.717) is 11.4 Å². The van der Waals surface area contributed by atoms with E-state index < -0.39 is 0 Å². The van der Waals surface area contributed by atoms with Crippen LogP contribution in [-0.2, 0) is 13.5 Å². The smallest absolute Gasteiger partial charge is 0.273 e. The Bertz CT molecular complexity index is 660. The van der Waals surface area contributed by atoms with Gasteiger partial charge in [0.25, 0.3) is 5.91 Å². The number of aryl methyl sites for hydroxylation is 3. The molecule has 3 rings (SSSR count). The first kappa shape index (κ1) is 13.2. The summed E-state index contributed by atoms with van der Waals surface area (Å²) in [7, 11) is 1.96. The van der Waals surface area contributed by atoms with Gasteiger partial charge in [0.05, 0.1) is 29.2 Å². The van der Waals surface area contributed by atoms with Crippen LogP contribution in [-0.4, -0.2) is 24.4 Å². The third-order valence-corrected chi connectivity index (χ3v) is 4.44. The highest BCUT2D eigenvalue weighted by Gasteiger charge is 2.28. The molecule has 1 unspecified atom stereocenters. The van der Waals surface area contributed by atoms with Crippen molar-refractivity contribution in [1.29, 1.82) is 0 Å². The quantitative estimate of drug-likeness (QED) is 0.914. The maximum atomic E-state index is 12.3. The summed E-state index contributed by atoms with van der Waals surface area (Å²) in [5.74, 6) is -0.141. The Labute approximate surface area is 121 Å². The minimum absolute atomic E-state index is 0.0287. The van der Waals surface area contributed by atoms with Crippen LogP contribution in [0.4, 0.5) is 0 Å². The molecule has 0 saturated carbocycles. The number of fused-ring (bicyclic) bond motifs is 1. The number of aromatic nitrogens is 4. The van der Waals surface area contributed by atoms with Gasteiger partial charge in [-0.05, 0) is 33.1 Å². The molecule has 2 heterocycles. The molecule has 2 aromatic rings. The fourth-order valence-corrected chi connectivity index (χ4v) is 3.44. The average Bonchev–Trinajstić information content (AvgIpc) is 2.95. The molecule has 106 valence electrons.